The third-order valence-corrected chi connectivity index (χ3v) is 4.56. The molecule has 0 aliphatic heterocycles. The fourth-order valence-electron chi connectivity index (χ4n) is 3.03. The van der Waals surface area contributed by atoms with Crippen LogP contribution in [0.25, 0.3) is 10.9 Å². The number of unbranched alkanes of at least 4 members (excludes halogenated alkanes) is 1. The molecule has 0 bridgehead atoms. The lowest BCUT2D eigenvalue weighted by Crippen LogP contribution is -2.27. The number of H-pyrrole nitrogens is 1. The highest BCUT2D eigenvalue weighted by Gasteiger charge is 2.10. The van der Waals surface area contributed by atoms with Crippen molar-refractivity contribution < 1.29 is 9.59 Å². The molecule has 2 aromatic carbocycles. The standard InChI is InChI=1S/C22H25N3O2/c1-2-3-12-23-21(26)16-7-6-8-17(14-16)22(27)24-13-11-18-15-25-20-10-5-4-9-19(18)20/h4-10,14-15,25H,2-3,11-13H2,1H3,(H,23,26)(H,24,27). The van der Waals surface area contributed by atoms with Gasteiger partial charge in [0.15, 0.2) is 0 Å². The molecule has 3 rings (SSSR count). The van der Waals surface area contributed by atoms with Gasteiger partial charge in [-0.15, -0.1) is 0 Å². The van der Waals surface area contributed by atoms with E-state index in [1.165, 1.54) is 10.9 Å². The zero-order valence-corrected chi connectivity index (χ0v) is 15.5. The highest BCUT2D eigenvalue weighted by Crippen LogP contribution is 2.17. The van der Waals surface area contributed by atoms with Gasteiger partial charge in [-0.05, 0) is 42.7 Å². The van der Waals surface area contributed by atoms with E-state index in [-0.39, 0.29) is 11.8 Å². The van der Waals surface area contributed by atoms with Crippen LogP contribution >= 0.6 is 0 Å². The Balaban J connectivity index is 1.56. The van der Waals surface area contributed by atoms with Gasteiger partial charge in [-0.3, -0.25) is 9.59 Å². The van der Waals surface area contributed by atoms with E-state index >= 15 is 0 Å². The summed E-state index contributed by atoms with van der Waals surface area (Å²) >= 11 is 0. The molecule has 0 aliphatic carbocycles. The number of hydrogen-bond acceptors (Lipinski definition) is 2. The second kappa shape index (κ2) is 9.03. The number of rotatable bonds is 8. The first kappa shape index (κ1) is 18.7. The summed E-state index contributed by atoms with van der Waals surface area (Å²) in [6, 6.07) is 14.9. The van der Waals surface area contributed by atoms with Crippen molar-refractivity contribution in [3.63, 3.8) is 0 Å². The molecule has 1 heterocycles. The summed E-state index contributed by atoms with van der Waals surface area (Å²) in [5.41, 5.74) is 3.28. The number of carbonyl (C=O) groups excluding carboxylic acids is 2. The zero-order valence-electron chi connectivity index (χ0n) is 15.5. The van der Waals surface area contributed by atoms with Crippen LogP contribution in [0.1, 0.15) is 46.0 Å². The average molecular weight is 363 g/mol. The maximum atomic E-state index is 12.4. The van der Waals surface area contributed by atoms with Crippen LogP contribution in [0.15, 0.2) is 54.7 Å². The Labute approximate surface area is 159 Å². The minimum atomic E-state index is -0.168. The summed E-state index contributed by atoms with van der Waals surface area (Å²) in [4.78, 5) is 27.8. The first-order chi connectivity index (χ1) is 13.2. The van der Waals surface area contributed by atoms with Crippen molar-refractivity contribution in [3.05, 3.63) is 71.4 Å². The van der Waals surface area contributed by atoms with E-state index in [1.54, 1.807) is 24.3 Å². The van der Waals surface area contributed by atoms with Gasteiger partial charge < -0.3 is 15.6 Å². The fourth-order valence-corrected chi connectivity index (χ4v) is 3.03. The summed E-state index contributed by atoms with van der Waals surface area (Å²) in [6.07, 6.45) is 4.70. The summed E-state index contributed by atoms with van der Waals surface area (Å²) < 4.78 is 0. The highest BCUT2D eigenvalue weighted by molar-refractivity contribution is 5.99. The predicted octanol–water partition coefficient (Wildman–Crippen LogP) is 3.67. The molecule has 140 valence electrons. The van der Waals surface area contributed by atoms with Crippen LogP contribution in [0.2, 0.25) is 0 Å². The molecule has 5 nitrogen and oxygen atoms in total. The maximum absolute atomic E-state index is 12.4. The molecule has 0 radical (unpaired) electrons. The van der Waals surface area contributed by atoms with Crippen molar-refractivity contribution >= 4 is 22.7 Å². The van der Waals surface area contributed by atoms with Gasteiger partial charge in [-0.1, -0.05) is 37.6 Å². The fraction of sp³-hybridized carbons (Fsp3) is 0.273. The van der Waals surface area contributed by atoms with Crippen LogP contribution in [0.4, 0.5) is 0 Å². The molecule has 0 spiro atoms. The number of aromatic nitrogens is 1. The van der Waals surface area contributed by atoms with Crippen LogP contribution in [0.3, 0.4) is 0 Å². The summed E-state index contributed by atoms with van der Waals surface area (Å²) in [6.45, 7) is 3.26. The second-order valence-corrected chi connectivity index (χ2v) is 6.56. The van der Waals surface area contributed by atoms with Gasteiger partial charge in [0.25, 0.3) is 11.8 Å². The number of benzene rings is 2. The molecule has 3 aromatic rings. The third kappa shape index (κ3) is 4.76. The Hall–Kier alpha value is -3.08. The number of carbonyl (C=O) groups is 2. The van der Waals surface area contributed by atoms with E-state index in [0.29, 0.717) is 24.2 Å². The van der Waals surface area contributed by atoms with E-state index in [9.17, 15) is 9.59 Å². The van der Waals surface area contributed by atoms with Crippen LogP contribution in [-0.4, -0.2) is 29.9 Å². The molecule has 0 unspecified atom stereocenters. The molecule has 0 saturated heterocycles. The van der Waals surface area contributed by atoms with Crippen molar-refractivity contribution in [2.24, 2.45) is 0 Å². The molecule has 27 heavy (non-hydrogen) atoms. The first-order valence-corrected chi connectivity index (χ1v) is 9.40. The molecule has 1 aromatic heterocycles. The van der Waals surface area contributed by atoms with Gasteiger partial charge in [0, 0.05) is 41.3 Å². The van der Waals surface area contributed by atoms with Crippen molar-refractivity contribution in [1.82, 2.24) is 15.6 Å². The van der Waals surface area contributed by atoms with E-state index in [0.717, 1.165) is 24.8 Å². The van der Waals surface area contributed by atoms with E-state index in [2.05, 4.69) is 28.6 Å². The highest BCUT2D eigenvalue weighted by atomic mass is 16.2. The lowest BCUT2D eigenvalue weighted by atomic mass is 10.1. The minimum Gasteiger partial charge on any atom is -0.361 e. The van der Waals surface area contributed by atoms with Crippen molar-refractivity contribution in [2.45, 2.75) is 26.2 Å². The minimum absolute atomic E-state index is 0.142. The number of nitrogens with one attached hydrogen (secondary N) is 3. The second-order valence-electron chi connectivity index (χ2n) is 6.56. The molecule has 5 heteroatoms. The third-order valence-electron chi connectivity index (χ3n) is 4.56. The van der Waals surface area contributed by atoms with Crippen molar-refractivity contribution in [1.29, 1.82) is 0 Å². The molecule has 0 saturated carbocycles. The Morgan fingerprint density at radius 2 is 1.63 bits per heavy atom. The zero-order chi connectivity index (χ0) is 19.1. The van der Waals surface area contributed by atoms with E-state index < -0.39 is 0 Å². The van der Waals surface area contributed by atoms with E-state index in [4.69, 9.17) is 0 Å². The van der Waals surface area contributed by atoms with Crippen LogP contribution in [0, 0.1) is 0 Å². The maximum Gasteiger partial charge on any atom is 0.251 e. The summed E-state index contributed by atoms with van der Waals surface area (Å²) in [5, 5.41) is 6.98. The van der Waals surface area contributed by atoms with Crippen LogP contribution < -0.4 is 10.6 Å². The summed E-state index contributed by atoms with van der Waals surface area (Å²) in [7, 11) is 0. The first-order valence-electron chi connectivity index (χ1n) is 9.40. The summed E-state index contributed by atoms with van der Waals surface area (Å²) in [5.74, 6) is -0.310. The van der Waals surface area contributed by atoms with Gasteiger partial charge in [0.2, 0.25) is 0 Å². The average Bonchev–Trinajstić information content (AvgIpc) is 3.11. The number of hydrogen-bond donors (Lipinski definition) is 3. The molecule has 2 amide bonds. The Morgan fingerprint density at radius 1 is 0.926 bits per heavy atom. The topological polar surface area (TPSA) is 74.0 Å². The molecule has 0 fully saturated rings. The Morgan fingerprint density at radius 3 is 2.37 bits per heavy atom. The number of para-hydroxylation sites is 1. The van der Waals surface area contributed by atoms with E-state index in [1.807, 2.05) is 24.4 Å². The van der Waals surface area contributed by atoms with Crippen LogP contribution in [-0.2, 0) is 6.42 Å². The largest absolute Gasteiger partial charge is 0.361 e. The molecular formula is C22H25N3O2. The number of aromatic amines is 1. The SMILES string of the molecule is CCCCNC(=O)c1cccc(C(=O)NCCc2c[nH]c3ccccc23)c1. The van der Waals surface area contributed by atoms with Crippen LogP contribution in [0.5, 0.6) is 0 Å². The Bertz CT molecular complexity index is 930. The van der Waals surface area contributed by atoms with Gasteiger partial charge in [-0.2, -0.15) is 0 Å². The predicted molar refractivity (Wildman–Crippen MR) is 108 cm³/mol. The number of amides is 2. The van der Waals surface area contributed by atoms with Gasteiger partial charge >= 0.3 is 0 Å². The smallest absolute Gasteiger partial charge is 0.251 e. The van der Waals surface area contributed by atoms with Gasteiger partial charge in [0.1, 0.15) is 0 Å². The molecule has 0 atom stereocenters. The molecule has 0 aliphatic rings. The molecular weight excluding hydrogens is 338 g/mol. The Kier molecular flexibility index (Phi) is 6.26. The molecule has 3 N–H and O–H groups in total. The number of fused-ring (bicyclic) bond motifs is 1. The quantitative estimate of drug-likeness (QED) is 0.534. The lowest BCUT2D eigenvalue weighted by molar-refractivity contribution is 0.0952. The monoisotopic (exact) mass is 363 g/mol. The van der Waals surface area contributed by atoms with Crippen molar-refractivity contribution in [3.8, 4) is 0 Å². The van der Waals surface area contributed by atoms with Gasteiger partial charge in [0.05, 0.1) is 0 Å². The van der Waals surface area contributed by atoms with Crippen molar-refractivity contribution in [2.75, 3.05) is 13.1 Å². The lowest BCUT2D eigenvalue weighted by Gasteiger charge is -2.08. The van der Waals surface area contributed by atoms with Gasteiger partial charge in [-0.25, -0.2) is 0 Å². The normalized spacial score (nSPS) is 10.7.